The van der Waals surface area contributed by atoms with Gasteiger partial charge < -0.3 is 5.32 Å². The molecule has 0 aliphatic heterocycles. The van der Waals surface area contributed by atoms with Crippen molar-refractivity contribution in [2.45, 2.75) is 24.3 Å². The number of aryl methyl sites for hydroxylation is 1. The molecule has 1 heterocycles. The first-order valence-corrected chi connectivity index (χ1v) is 9.10. The van der Waals surface area contributed by atoms with Crippen LogP contribution in [0.1, 0.15) is 12.5 Å². The van der Waals surface area contributed by atoms with E-state index in [2.05, 4.69) is 20.5 Å². The number of thioether (sulfide) groups is 1. The SMILES string of the molecule is Cc1ccc(-c2nc(S[C@@H](C)C(=O)Nc3ccc(Cl)cc3F)n[nH]2)cc1. The van der Waals surface area contributed by atoms with Gasteiger partial charge in [0.15, 0.2) is 5.82 Å². The Hall–Kier alpha value is -2.38. The lowest BCUT2D eigenvalue weighted by Gasteiger charge is -2.10. The quantitative estimate of drug-likeness (QED) is 0.620. The minimum absolute atomic E-state index is 0.0854. The summed E-state index contributed by atoms with van der Waals surface area (Å²) in [5.41, 5.74) is 2.15. The van der Waals surface area contributed by atoms with Crippen molar-refractivity contribution in [3.05, 3.63) is 58.9 Å². The number of H-pyrrole nitrogens is 1. The van der Waals surface area contributed by atoms with Crippen LogP contribution >= 0.6 is 23.4 Å². The smallest absolute Gasteiger partial charge is 0.237 e. The van der Waals surface area contributed by atoms with E-state index < -0.39 is 11.1 Å². The molecule has 0 saturated heterocycles. The van der Waals surface area contributed by atoms with Crippen LogP contribution in [-0.4, -0.2) is 26.3 Å². The van der Waals surface area contributed by atoms with Crippen LogP contribution in [-0.2, 0) is 4.79 Å². The summed E-state index contributed by atoms with van der Waals surface area (Å²) in [5.74, 6) is -0.302. The highest BCUT2D eigenvalue weighted by Gasteiger charge is 2.19. The molecule has 5 nitrogen and oxygen atoms in total. The molecule has 1 amide bonds. The number of nitrogens with zero attached hydrogens (tertiary/aromatic N) is 2. The lowest BCUT2D eigenvalue weighted by molar-refractivity contribution is -0.115. The van der Waals surface area contributed by atoms with E-state index in [0.717, 1.165) is 17.2 Å². The summed E-state index contributed by atoms with van der Waals surface area (Å²) in [7, 11) is 0. The lowest BCUT2D eigenvalue weighted by atomic mass is 10.1. The Bertz CT molecular complexity index is 929. The van der Waals surface area contributed by atoms with Crippen molar-refractivity contribution >= 4 is 35.0 Å². The topological polar surface area (TPSA) is 70.7 Å². The maximum atomic E-state index is 13.8. The number of hydrogen-bond donors (Lipinski definition) is 2. The standard InChI is InChI=1S/C18H16ClFN4OS/c1-10-3-5-12(6-4-10)16-22-18(24-23-16)26-11(2)17(25)21-15-8-7-13(19)9-14(15)20/h3-9,11H,1-2H3,(H,21,25)(H,22,23,24)/t11-/m0/s1. The van der Waals surface area contributed by atoms with Crippen LogP contribution in [0.3, 0.4) is 0 Å². The molecule has 0 unspecified atom stereocenters. The minimum Gasteiger partial charge on any atom is -0.323 e. The maximum absolute atomic E-state index is 13.8. The number of aromatic amines is 1. The molecule has 0 aliphatic rings. The highest BCUT2D eigenvalue weighted by atomic mass is 35.5. The number of anilines is 1. The van der Waals surface area contributed by atoms with Gasteiger partial charge in [-0.3, -0.25) is 9.89 Å². The summed E-state index contributed by atoms with van der Waals surface area (Å²) >= 11 is 6.89. The van der Waals surface area contributed by atoms with Gasteiger partial charge in [0.25, 0.3) is 0 Å². The third kappa shape index (κ3) is 4.42. The Kier molecular flexibility index (Phi) is 5.58. The molecular weight excluding hydrogens is 375 g/mol. The van der Waals surface area contributed by atoms with Gasteiger partial charge in [-0.25, -0.2) is 9.37 Å². The highest BCUT2D eigenvalue weighted by molar-refractivity contribution is 8.00. The second-order valence-electron chi connectivity index (χ2n) is 5.71. The molecule has 0 saturated carbocycles. The average molecular weight is 391 g/mol. The predicted octanol–water partition coefficient (Wildman–Crippen LogP) is 4.69. The molecule has 0 aliphatic carbocycles. The van der Waals surface area contributed by atoms with E-state index in [9.17, 15) is 9.18 Å². The Morgan fingerprint density at radius 1 is 1.27 bits per heavy atom. The van der Waals surface area contributed by atoms with Crippen molar-refractivity contribution in [3.8, 4) is 11.4 Å². The molecule has 0 spiro atoms. The number of halogens is 2. The van der Waals surface area contributed by atoms with Crippen LogP contribution in [0.4, 0.5) is 10.1 Å². The van der Waals surface area contributed by atoms with Crippen molar-refractivity contribution in [1.29, 1.82) is 0 Å². The second kappa shape index (κ2) is 7.88. The van der Waals surface area contributed by atoms with Gasteiger partial charge in [-0.15, -0.1) is 5.10 Å². The van der Waals surface area contributed by atoms with Gasteiger partial charge in [0.1, 0.15) is 5.82 Å². The Morgan fingerprint density at radius 2 is 2.00 bits per heavy atom. The molecule has 1 atom stereocenters. The largest absolute Gasteiger partial charge is 0.323 e. The zero-order chi connectivity index (χ0) is 18.7. The summed E-state index contributed by atoms with van der Waals surface area (Å²) in [5, 5.41) is 9.74. The van der Waals surface area contributed by atoms with Crippen LogP contribution < -0.4 is 5.32 Å². The molecule has 2 aromatic carbocycles. The first-order chi connectivity index (χ1) is 12.4. The van der Waals surface area contributed by atoms with Gasteiger partial charge in [-0.1, -0.05) is 53.2 Å². The molecule has 8 heteroatoms. The molecule has 0 bridgehead atoms. The molecule has 134 valence electrons. The minimum atomic E-state index is -0.581. The van der Waals surface area contributed by atoms with Gasteiger partial charge in [0, 0.05) is 10.6 Å². The Balaban J connectivity index is 1.65. The zero-order valence-corrected chi connectivity index (χ0v) is 15.7. The molecule has 2 N–H and O–H groups in total. The third-order valence-corrected chi connectivity index (χ3v) is 4.83. The number of hydrogen-bond acceptors (Lipinski definition) is 4. The summed E-state index contributed by atoms with van der Waals surface area (Å²) in [6.07, 6.45) is 0. The average Bonchev–Trinajstić information content (AvgIpc) is 3.06. The van der Waals surface area contributed by atoms with E-state index >= 15 is 0 Å². The molecule has 0 radical (unpaired) electrons. The van der Waals surface area contributed by atoms with Crippen molar-refractivity contribution in [1.82, 2.24) is 15.2 Å². The number of rotatable bonds is 5. The van der Waals surface area contributed by atoms with Gasteiger partial charge in [0.05, 0.1) is 10.9 Å². The van der Waals surface area contributed by atoms with Gasteiger partial charge >= 0.3 is 0 Å². The molecule has 3 aromatic rings. The van der Waals surface area contributed by atoms with E-state index in [1.165, 1.54) is 23.9 Å². The first-order valence-electron chi connectivity index (χ1n) is 7.84. The van der Waals surface area contributed by atoms with Crippen LogP contribution in [0.2, 0.25) is 5.02 Å². The van der Waals surface area contributed by atoms with Gasteiger partial charge in [-0.2, -0.15) is 0 Å². The van der Waals surface area contributed by atoms with E-state index in [4.69, 9.17) is 11.6 Å². The first kappa shape index (κ1) is 18.4. The van der Waals surface area contributed by atoms with Crippen LogP contribution in [0.5, 0.6) is 0 Å². The number of nitrogens with one attached hydrogen (secondary N) is 2. The van der Waals surface area contributed by atoms with Crippen molar-refractivity contribution < 1.29 is 9.18 Å². The number of carbonyl (C=O) groups excluding carboxylic acids is 1. The summed E-state index contributed by atoms with van der Waals surface area (Å²) in [6.45, 7) is 3.71. The summed E-state index contributed by atoms with van der Waals surface area (Å²) in [6, 6.07) is 12.0. The molecule has 26 heavy (non-hydrogen) atoms. The fourth-order valence-electron chi connectivity index (χ4n) is 2.18. The van der Waals surface area contributed by atoms with E-state index in [-0.39, 0.29) is 16.6 Å². The lowest BCUT2D eigenvalue weighted by Crippen LogP contribution is -2.23. The van der Waals surface area contributed by atoms with Gasteiger partial charge in [0.2, 0.25) is 11.1 Å². The fraction of sp³-hybridized carbons (Fsp3) is 0.167. The number of carbonyl (C=O) groups is 1. The number of benzene rings is 2. The second-order valence-corrected chi connectivity index (χ2v) is 7.45. The van der Waals surface area contributed by atoms with E-state index in [0.29, 0.717) is 11.0 Å². The summed E-state index contributed by atoms with van der Waals surface area (Å²) < 4.78 is 13.8. The van der Waals surface area contributed by atoms with Crippen molar-refractivity contribution in [3.63, 3.8) is 0 Å². The predicted molar refractivity (Wildman–Crippen MR) is 102 cm³/mol. The van der Waals surface area contributed by atoms with Crippen molar-refractivity contribution in [2.75, 3.05) is 5.32 Å². The molecule has 0 fully saturated rings. The van der Waals surface area contributed by atoms with Gasteiger partial charge in [-0.05, 0) is 32.0 Å². The van der Waals surface area contributed by atoms with Crippen LogP contribution in [0.25, 0.3) is 11.4 Å². The monoisotopic (exact) mass is 390 g/mol. The summed E-state index contributed by atoms with van der Waals surface area (Å²) in [4.78, 5) is 16.7. The third-order valence-electron chi connectivity index (χ3n) is 3.63. The van der Waals surface area contributed by atoms with Crippen molar-refractivity contribution in [2.24, 2.45) is 0 Å². The molecule has 1 aromatic heterocycles. The molecule has 3 rings (SSSR count). The highest BCUT2D eigenvalue weighted by Crippen LogP contribution is 2.25. The normalized spacial score (nSPS) is 12.0. The number of amides is 1. The van der Waals surface area contributed by atoms with E-state index in [1.54, 1.807) is 6.92 Å². The fourth-order valence-corrected chi connectivity index (χ4v) is 3.06. The Morgan fingerprint density at radius 3 is 2.69 bits per heavy atom. The molecular formula is C18H16ClFN4OS. The Labute approximate surface area is 159 Å². The van der Waals surface area contributed by atoms with Crippen LogP contribution in [0.15, 0.2) is 47.6 Å². The van der Waals surface area contributed by atoms with E-state index in [1.807, 2.05) is 31.2 Å². The zero-order valence-electron chi connectivity index (χ0n) is 14.1. The maximum Gasteiger partial charge on any atom is 0.237 e. The number of aromatic nitrogens is 3. The van der Waals surface area contributed by atoms with Crippen LogP contribution in [0, 0.1) is 12.7 Å².